The van der Waals surface area contributed by atoms with Crippen LogP contribution in [0.2, 0.25) is 0 Å². The Morgan fingerprint density at radius 2 is 1.72 bits per heavy atom. The smallest absolute Gasteiger partial charge is 0.194 e. The third-order valence-corrected chi connectivity index (χ3v) is 5.69. The van der Waals surface area contributed by atoms with Gasteiger partial charge in [0.05, 0.1) is 6.54 Å². The Morgan fingerprint density at radius 1 is 0.966 bits per heavy atom. The standard InChI is InChI=1S/C23H32N6/c1-2-24-23(29-16-14-27(15-17-29)21-8-4-3-5-9-21)26-19-20-10-11-25-22(18-20)28-12-6-7-13-28/h3-5,8-11,18H,2,6-7,12-17,19H2,1H3,(H,24,26). The van der Waals surface area contributed by atoms with E-state index in [-0.39, 0.29) is 0 Å². The number of nitrogens with zero attached hydrogens (tertiary/aromatic N) is 5. The number of hydrogen-bond acceptors (Lipinski definition) is 4. The fourth-order valence-corrected chi connectivity index (χ4v) is 4.09. The number of benzene rings is 1. The van der Waals surface area contributed by atoms with Crippen molar-refractivity contribution in [1.29, 1.82) is 0 Å². The first-order valence-corrected chi connectivity index (χ1v) is 10.9. The quantitative estimate of drug-likeness (QED) is 0.626. The van der Waals surface area contributed by atoms with Crippen LogP contribution < -0.4 is 15.1 Å². The van der Waals surface area contributed by atoms with Crippen molar-refractivity contribution >= 4 is 17.5 Å². The van der Waals surface area contributed by atoms with Gasteiger partial charge in [0, 0.05) is 57.7 Å². The first-order chi connectivity index (χ1) is 14.3. The maximum atomic E-state index is 4.94. The van der Waals surface area contributed by atoms with Crippen LogP contribution in [-0.2, 0) is 6.54 Å². The maximum Gasteiger partial charge on any atom is 0.194 e. The SMILES string of the molecule is CCNC(=NCc1ccnc(N2CCCC2)c1)N1CCN(c2ccccc2)CC1. The van der Waals surface area contributed by atoms with E-state index in [0.717, 1.165) is 57.6 Å². The number of hydrogen-bond donors (Lipinski definition) is 1. The second-order valence-corrected chi connectivity index (χ2v) is 7.70. The average molecular weight is 393 g/mol. The molecule has 2 aliphatic heterocycles. The van der Waals surface area contributed by atoms with Crippen molar-refractivity contribution in [3.8, 4) is 0 Å². The summed E-state index contributed by atoms with van der Waals surface area (Å²) in [4.78, 5) is 16.7. The second-order valence-electron chi connectivity index (χ2n) is 7.70. The van der Waals surface area contributed by atoms with E-state index in [2.05, 4.69) is 74.4 Å². The summed E-state index contributed by atoms with van der Waals surface area (Å²) in [6.45, 7) is 9.94. The number of aromatic nitrogens is 1. The van der Waals surface area contributed by atoms with E-state index in [0.29, 0.717) is 6.54 Å². The lowest BCUT2D eigenvalue weighted by Gasteiger charge is -2.37. The topological polar surface area (TPSA) is 47.0 Å². The Bertz CT molecular complexity index is 792. The number of guanidine groups is 1. The van der Waals surface area contributed by atoms with Crippen LogP contribution in [0.3, 0.4) is 0 Å². The highest BCUT2D eigenvalue weighted by Gasteiger charge is 2.20. The molecule has 2 saturated heterocycles. The van der Waals surface area contributed by atoms with E-state index >= 15 is 0 Å². The minimum atomic E-state index is 0.685. The summed E-state index contributed by atoms with van der Waals surface area (Å²) >= 11 is 0. The third-order valence-electron chi connectivity index (χ3n) is 5.69. The average Bonchev–Trinajstić information content (AvgIpc) is 3.33. The molecule has 0 aliphatic carbocycles. The number of para-hydroxylation sites is 1. The Hall–Kier alpha value is -2.76. The highest BCUT2D eigenvalue weighted by molar-refractivity contribution is 5.80. The molecule has 0 amide bonds. The van der Waals surface area contributed by atoms with Crippen LogP contribution in [0.25, 0.3) is 0 Å². The summed E-state index contributed by atoms with van der Waals surface area (Å²) in [6.07, 6.45) is 4.46. The van der Waals surface area contributed by atoms with Crippen LogP contribution in [0.15, 0.2) is 53.7 Å². The summed E-state index contributed by atoms with van der Waals surface area (Å²) in [7, 11) is 0. The Kier molecular flexibility index (Phi) is 6.49. The van der Waals surface area contributed by atoms with Crippen LogP contribution in [0, 0.1) is 0 Å². The van der Waals surface area contributed by atoms with Crippen molar-refractivity contribution in [2.75, 3.05) is 55.6 Å². The van der Waals surface area contributed by atoms with Gasteiger partial charge in [0.25, 0.3) is 0 Å². The van der Waals surface area contributed by atoms with Crippen LogP contribution in [0.4, 0.5) is 11.5 Å². The monoisotopic (exact) mass is 392 g/mol. The van der Waals surface area contributed by atoms with Crippen molar-refractivity contribution in [3.05, 3.63) is 54.2 Å². The largest absolute Gasteiger partial charge is 0.368 e. The molecule has 154 valence electrons. The molecule has 0 unspecified atom stereocenters. The zero-order valence-corrected chi connectivity index (χ0v) is 17.4. The summed E-state index contributed by atoms with van der Waals surface area (Å²) in [6, 6.07) is 15.0. The van der Waals surface area contributed by atoms with E-state index < -0.39 is 0 Å². The molecule has 2 fully saturated rings. The lowest BCUT2D eigenvalue weighted by atomic mass is 10.2. The molecular formula is C23H32N6. The molecule has 0 spiro atoms. The van der Waals surface area contributed by atoms with Gasteiger partial charge in [-0.25, -0.2) is 9.98 Å². The molecule has 3 heterocycles. The van der Waals surface area contributed by atoms with Crippen LogP contribution in [0.5, 0.6) is 0 Å². The second kappa shape index (κ2) is 9.63. The number of anilines is 2. The summed E-state index contributed by atoms with van der Waals surface area (Å²) in [5.74, 6) is 2.11. The molecule has 29 heavy (non-hydrogen) atoms. The van der Waals surface area contributed by atoms with Gasteiger partial charge in [-0.1, -0.05) is 18.2 Å². The normalized spacial score (nSPS) is 17.7. The lowest BCUT2D eigenvalue weighted by Crippen LogP contribution is -2.52. The van der Waals surface area contributed by atoms with Crippen molar-refractivity contribution in [2.45, 2.75) is 26.3 Å². The van der Waals surface area contributed by atoms with Gasteiger partial charge in [-0.05, 0) is 49.6 Å². The highest BCUT2D eigenvalue weighted by atomic mass is 15.3. The first-order valence-electron chi connectivity index (χ1n) is 10.9. The number of aliphatic imine (C=N–C) groups is 1. The zero-order chi connectivity index (χ0) is 19.9. The summed E-state index contributed by atoms with van der Waals surface area (Å²) < 4.78 is 0. The molecular weight excluding hydrogens is 360 g/mol. The van der Waals surface area contributed by atoms with Crippen molar-refractivity contribution in [3.63, 3.8) is 0 Å². The summed E-state index contributed by atoms with van der Waals surface area (Å²) in [5.41, 5.74) is 2.53. The molecule has 2 aromatic rings. The molecule has 2 aliphatic rings. The third kappa shape index (κ3) is 5.00. The minimum Gasteiger partial charge on any atom is -0.368 e. The van der Waals surface area contributed by atoms with Gasteiger partial charge in [-0.2, -0.15) is 0 Å². The van der Waals surface area contributed by atoms with Crippen LogP contribution in [-0.4, -0.2) is 61.7 Å². The molecule has 0 saturated carbocycles. The van der Waals surface area contributed by atoms with E-state index in [9.17, 15) is 0 Å². The minimum absolute atomic E-state index is 0.685. The van der Waals surface area contributed by atoms with Crippen molar-refractivity contribution in [2.24, 2.45) is 4.99 Å². The van der Waals surface area contributed by atoms with Crippen molar-refractivity contribution < 1.29 is 0 Å². The Balaban J connectivity index is 1.39. The molecule has 1 aromatic carbocycles. The maximum absolute atomic E-state index is 4.94. The molecule has 0 bridgehead atoms. The zero-order valence-electron chi connectivity index (χ0n) is 17.4. The summed E-state index contributed by atoms with van der Waals surface area (Å²) in [5, 5.41) is 3.48. The number of piperazine rings is 1. The fourth-order valence-electron chi connectivity index (χ4n) is 4.09. The molecule has 1 N–H and O–H groups in total. The molecule has 6 heteroatoms. The first kappa shape index (κ1) is 19.6. The Morgan fingerprint density at radius 3 is 2.45 bits per heavy atom. The van der Waals surface area contributed by atoms with Crippen LogP contribution >= 0.6 is 0 Å². The number of rotatable bonds is 5. The van der Waals surface area contributed by atoms with E-state index in [1.54, 1.807) is 0 Å². The van der Waals surface area contributed by atoms with Crippen LogP contribution in [0.1, 0.15) is 25.3 Å². The Labute approximate surface area is 174 Å². The van der Waals surface area contributed by atoms with Gasteiger partial charge in [-0.3, -0.25) is 0 Å². The van der Waals surface area contributed by atoms with Gasteiger partial charge in [0.1, 0.15) is 5.82 Å². The van der Waals surface area contributed by atoms with Crippen molar-refractivity contribution in [1.82, 2.24) is 15.2 Å². The van der Waals surface area contributed by atoms with Gasteiger partial charge in [-0.15, -0.1) is 0 Å². The number of pyridine rings is 1. The molecule has 6 nitrogen and oxygen atoms in total. The van der Waals surface area contributed by atoms with E-state index in [4.69, 9.17) is 4.99 Å². The van der Waals surface area contributed by atoms with Gasteiger partial charge in [0.2, 0.25) is 0 Å². The lowest BCUT2D eigenvalue weighted by molar-refractivity contribution is 0.372. The molecule has 0 atom stereocenters. The highest BCUT2D eigenvalue weighted by Crippen LogP contribution is 2.19. The molecule has 1 aromatic heterocycles. The molecule has 0 radical (unpaired) electrons. The predicted molar refractivity (Wildman–Crippen MR) is 121 cm³/mol. The van der Waals surface area contributed by atoms with E-state index in [1.807, 2.05) is 6.20 Å². The number of nitrogens with one attached hydrogen (secondary N) is 1. The fraction of sp³-hybridized carbons (Fsp3) is 0.478. The van der Waals surface area contributed by atoms with Gasteiger partial charge < -0.3 is 20.0 Å². The van der Waals surface area contributed by atoms with E-state index in [1.165, 1.54) is 24.1 Å². The molecule has 4 rings (SSSR count). The van der Waals surface area contributed by atoms with Gasteiger partial charge in [0.15, 0.2) is 5.96 Å². The predicted octanol–water partition coefficient (Wildman–Crippen LogP) is 2.97. The van der Waals surface area contributed by atoms with Gasteiger partial charge >= 0.3 is 0 Å².